The lowest BCUT2D eigenvalue weighted by atomic mass is 10.2. The van der Waals surface area contributed by atoms with Crippen molar-refractivity contribution in [3.63, 3.8) is 0 Å². The van der Waals surface area contributed by atoms with Crippen molar-refractivity contribution in [2.45, 2.75) is 25.8 Å². The first kappa shape index (κ1) is 11.6. The third kappa shape index (κ3) is 4.69. The van der Waals surface area contributed by atoms with Crippen LogP contribution in [-0.4, -0.2) is 35.2 Å². The molecule has 0 bridgehead atoms. The van der Waals surface area contributed by atoms with Gasteiger partial charge in [-0.25, -0.2) is 4.98 Å². The van der Waals surface area contributed by atoms with Crippen LogP contribution in [-0.2, 0) is 6.54 Å². The van der Waals surface area contributed by atoms with Gasteiger partial charge in [-0.2, -0.15) is 0 Å². The fourth-order valence-electron chi connectivity index (χ4n) is 1.31. The van der Waals surface area contributed by atoms with Crippen molar-refractivity contribution in [3.05, 3.63) is 16.6 Å². The minimum Gasteiger partial charge on any atom is -0.396 e. The van der Waals surface area contributed by atoms with Gasteiger partial charge in [-0.3, -0.25) is 4.90 Å². The summed E-state index contributed by atoms with van der Waals surface area (Å²) in [5.74, 6) is 0. The summed E-state index contributed by atoms with van der Waals surface area (Å²) in [6.45, 7) is 2.34. The molecule has 0 spiro atoms. The van der Waals surface area contributed by atoms with E-state index in [9.17, 15) is 0 Å². The second-order valence-corrected chi connectivity index (χ2v) is 4.43. The SMILES string of the molecule is CN(CCCCCO)Cc1nccs1. The highest BCUT2D eigenvalue weighted by atomic mass is 32.1. The molecule has 4 heteroatoms. The zero-order valence-corrected chi connectivity index (χ0v) is 9.46. The number of hydrogen-bond donors (Lipinski definition) is 1. The highest BCUT2D eigenvalue weighted by molar-refractivity contribution is 7.09. The van der Waals surface area contributed by atoms with Crippen molar-refractivity contribution >= 4 is 11.3 Å². The smallest absolute Gasteiger partial charge is 0.107 e. The maximum Gasteiger partial charge on any atom is 0.107 e. The summed E-state index contributed by atoms with van der Waals surface area (Å²) < 4.78 is 0. The topological polar surface area (TPSA) is 36.4 Å². The van der Waals surface area contributed by atoms with E-state index in [1.54, 1.807) is 11.3 Å². The van der Waals surface area contributed by atoms with Crippen LogP contribution in [0.15, 0.2) is 11.6 Å². The molecule has 0 aliphatic heterocycles. The highest BCUT2D eigenvalue weighted by Crippen LogP contribution is 2.07. The fourth-order valence-corrected chi connectivity index (χ4v) is 2.01. The van der Waals surface area contributed by atoms with Crippen molar-refractivity contribution in [2.24, 2.45) is 0 Å². The molecule has 1 aromatic heterocycles. The summed E-state index contributed by atoms with van der Waals surface area (Å²) >= 11 is 1.70. The molecule has 0 radical (unpaired) electrons. The zero-order valence-electron chi connectivity index (χ0n) is 8.65. The van der Waals surface area contributed by atoms with Crippen LogP contribution in [0, 0.1) is 0 Å². The third-order valence-corrected chi connectivity index (χ3v) is 2.85. The molecule has 14 heavy (non-hydrogen) atoms. The van der Waals surface area contributed by atoms with Gasteiger partial charge in [0, 0.05) is 18.2 Å². The Morgan fingerprint density at radius 1 is 1.43 bits per heavy atom. The molecule has 0 aromatic carbocycles. The summed E-state index contributed by atoms with van der Waals surface area (Å²) in [4.78, 5) is 6.51. The van der Waals surface area contributed by atoms with Crippen molar-refractivity contribution in [3.8, 4) is 0 Å². The van der Waals surface area contributed by atoms with Crippen LogP contribution in [0.2, 0.25) is 0 Å². The summed E-state index contributed by atoms with van der Waals surface area (Å²) in [5.41, 5.74) is 0. The van der Waals surface area contributed by atoms with Crippen LogP contribution < -0.4 is 0 Å². The van der Waals surface area contributed by atoms with E-state index in [1.807, 2.05) is 11.6 Å². The molecule has 80 valence electrons. The maximum absolute atomic E-state index is 8.62. The normalized spacial score (nSPS) is 11.1. The Morgan fingerprint density at radius 3 is 2.93 bits per heavy atom. The van der Waals surface area contributed by atoms with E-state index in [0.29, 0.717) is 6.61 Å². The van der Waals surface area contributed by atoms with Crippen LogP contribution in [0.5, 0.6) is 0 Å². The van der Waals surface area contributed by atoms with Gasteiger partial charge in [0.2, 0.25) is 0 Å². The molecule has 0 fully saturated rings. The van der Waals surface area contributed by atoms with Crippen LogP contribution >= 0.6 is 11.3 Å². The monoisotopic (exact) mass is 214 g/mol. The van der Waals surface area contributed by atoms with Crippen LogP contribution in [0.3, 0.4) is 0 Å². The number of hydrogen-bond acceptors (Lipinski definition) is 4. The van der Waals surface area contributed by atoms with Gasteiger partial charge in [0.05, 0.1) is 6.54 Å². The van der Waals surface area contributed by atoms with Gasteiger partial charge in [-0.1, -0.05) is 0 Å². The van der Waals surface area contributed by atoms with Crippen LogP contribution in [0.1, 0.15) is 24.3 Å². The molecule has 1 rings (SSSR count). The van der Waals surface area contributed by atoms with Crippen molar-refractivity contribution in [2.75, 3.05) is 20.2 Å². The van der Waals surface area contributed by atoms with Crippen molar-refractivity contribution < 1.29 is 5.11 Å². The molecule has 0 atom stereocenters. The van der Waals surface area contributed by atoms with Crippen LogP contribution in [0.25, 0.3) is 0 Å². The lowest BCUT2D eigenvalue weighted by molar-refractivity contribution is 0.271. The van der Waals surface area contributed by atoms with E-state index in [1.165, 1.54) is 5.01 Å². The van der Waals surface area contributed by atoms with Gasteiger partial charge >= 0.3 is 0 Å². The number of unbranched alkanes of at least 4 members (excludes halogenated alkanes) is 2. The molecule has 1 N–H and O–H groups in total. The summed E-state index contributed by atoms with van der Waals surface area (Å²) in [6.07, 6.45) is 5.03. The first-order valence-corrected chi connectivity index (χ1v) is 5.88. The van der Waals surface area contributed by atoms with E-state index in [0.717, 1.165) is 32.4 Å². The molecule has 0 saturated carbocycles. The standard InChI is InChI=1S/C10H18N2OS/c1-12(6-3-2-4-7-13)9-10-11-5-8-14-10/h5,8,13H,2-4,6-7,9H2,1H3. The van der Waals surface area contributed by atoms with Gasteiger partial charge in [0.1, 0.15) is 5.01 Å². The maximum atomic E-state index is 8.62. The fraction of sp³-hybridized carbons (Fsp3) is 0.700. The number of rotatable bonds is 7. The summed E-state index contributed by atoms with van der Waals surface area (Å²) in [6, 6.07) is 0. The van der Waals surface area contributed by atoms with Gasteiger partial charge in [0.15, 0.2) is 0 Å². The lowest BCUT2D eigenvalue weighted by Crippen LogP contribution is -2.18. The Morgan fingerprint density at radius 2 is 2.29 bits per heavy atom. The van der Waals surface area contributed by atoms with Gasteiger partial charge < -0.3 is 5.11 Å². The van der Waals surface area contributed by atoms with Crippen molar-refractivity contribution in [1.82, 2.24) is 9.88 Å². The number of thiazole rings is 1. The molecule has 0 unspecified atom stereocenters. The molecular weight excluding hydrogens is 196 g/mol. The predicted octanol–water partition coefficient (Wildman–Crippen LogP) is 1.74. The minimum atomic E-state index is 0.316. The molecule has 0 amide bonds. The third-order valence-electron chi connectivity index (χ3n) is 2.09. The van der Waals surface area contributed by atoms with E-state index < -0.39 is 0 Å². The number of nitrogens with zero attached hydrogens (tertiary/aromatic N) is 2. The van der Waals surface area contributed by atoms with E-state index in [4.69, 9.17) is 5.11 Å². The summed E-state index contributed by atoms with van der Waals surface area (Å²) in [5, 5.41) is 11.8. The van der Waals surface area contributed by atoms with Crippen LogP contribution in [0.4, 0.5) is 0 Å². The number of aromatic nitrogens is 1. The quantitative estimate of drug-likeness (QED) is 0.702. The molecule has 0 aliphatic carbocycles. The van der Waals surface area contributed by atoms with Gasteiger partial charge in [0.25, 0.3) is 0 Å². The largest absolute Gasteiger partial charge is 0.396 e. The Bertz CT molecular complexity index is 226. The van der Waals surface area contributed by atoms with E-state index in [2.05, 4.69) is 16.9 Å². The molecular formula is C10H18N2OS. The second kappa shape index (κ2) is 6.92. The molecule has 3 nitrogen and oxygen atoms in total. The lowest BCUT2D eigenvalue weighted by Gasteiger charge is -2.14. The second-order valence-electron chi connectivity index (χ2n) is 3.45. The predicted molar refractivity (Wildman–Crippen MR) is 59.4 cm³/mol. The van der Waals surface area contributed by atoms with Crippen molar-refractivity contribution in [1.29, 1.82) is 0 Å². The Hall–Kier alpha value is -0.450. The number of aliphatic hydroxyl groups is 1. The zero-order chi connectivity index (χ0) is 10.2. The number of aliphatic hydroxyl groups excluding tert-OH is 1. The molecule has 1 heterocycles. The first-order chi connectivity index (χ1) is 6.83. The van der Waals surface area contributed by atoms with E-state index in [-0.39, 0.29) is 0 Å². The average molecular weight is 214 g/mol. The summed E-state index contributed by atoms with van der Waals surface area (Å²) in [7, 11) is 2.11. The Kier molecular flexibility index (Phi) is 5.75. The molecule has 1 aromatic rings. The highest BCUT2D eigenvalue weighted by Gasteiger charge is 2.01. The minimum absolute atomic E-state index is 0.316. The molecule has 0 aliphatic rings. The van der Waals surface area contributed by atoms with Gasteiger partial charge in [-0.15, -0.1) is 11.3 Å². The molecule has 0 saturated heterocycles. The average Bonchev–Trinajstić information content (AvgIpc) is 2.65. The Balaban J connectivity index is 2.07. The first-order valence-electron chi connectivity index (χ1n) is 5.00. The van der Waals surface area contributed by atoms with Gasteiger partial charge in [-0.05, 0) is 32.9 Å². The van der Waals surface area contributed by atoms with E-state index >= 15 is 0 Å². The Labute approximate surface area is 89.4 Å².